The van der Waals surface area contributed by atoms with E-state index in [0.29, 0.717) is 16.6 Å². The third-order valence-corrected chi connectivity index (χ3v) is 5.87. The second kappa shape index (κ2) is 9.50. The van der Waals surface area contributed by atoms with Crippen LogP contribution in [0.25, 0.3) is 0 Å². The highest BCUT2D eigenvalue weighted by molar-refractivity contribution is 6.42. The summed E-state index contributed by atoms with van der Waals surface area (Å²) in [5, 5.41) is 4.07. The highest BCUT2D eigenvalue weighted by Crippen LogP contribution is 2.27. The van der Waals surface area contributed by atoms with Crippen molar-refractivity contribution in [2.24, 2.45) is 0 Å². The average Bonchev–Trinajstić information content (AvgIpc) is 2.70. The van der Waals surface area contributed by atoms with E-state index >= 15 is 0 Å². The Bertz CT molecular complexity index is 823. The standard InChI is InChI=1S/C21H25Cl2N3O2/c1-15(16-7-8-17(22)18(23)13-16)24-21(27)14-25-9-11-26(12-10-25)19-5-3-4-6-20(19)28-2/h3-8,13,15H,9-12,14H2,1-2H3,(H,24,27)/p+1/t15-/m0/s1. The Labute approximate surface area is 176 Å². The Kier molecular flexibility index (Phi) is 7.05. The number of quaternary nitrogens is 1. The first-order chi connectivity index (χ1) is 13.5. The second-order valence-corrected chi connectivity index (χ2v) is 7.86. The van der Waals surface area contributed by atoms with Crippen molar-refractivity contribution in [1.29, 1.82) is 0 Å². The van der Waals surface area contributed by atoms with Gasteiger partial charge in [0, 0.05) is 0 Å². The van der Waals surface area contributed by atoms with Gasteiger partial charge in [-0.25, -0.2) is 0 Å². The van der Waals surface area contributed by atoms with Gasteiger partial charge in [-0.15, -0.1) is 0 Å². The van der Waals surface area contributed by atoms with Gasteiger partial charge in [-0.05, 0) is 36.8 Å². The van der Waals surface area contributed by atoms with Crippen molar-refractivity contribution in [3.05, 3.63) is 58.1 Å². The predicted molar refractivity (Wildman–Crippen MR) is 114 cm³/mol. The Balaban J connectivity index is 1.50. The van der Waals surface area contributed by atoms with Crippen LogP contribution in [0.1, 0.15) is 18.5 Å². The van der Waals surface area contributed by atoms with E-state index in [1.54, 1.807) is 19.2 Å². The molecule has 2 aromatic rings. The topological polar surface area (TPSA) is 46.0 Å². The zero-order valence-corrected chi connectivity index (χ0v) is 17.7. The Morgan fingerprint density at radius 1 is 1.18 bits per heavy atom. The number of hydrogen-bond donors (Lipinski definition) is 2. The largest absolute Gasteiger partial charge is 0.495 e. The van der Waals surface area contributed by atoms with Crippen LogP contribution >= 0.6 is 23.2 Å². The maximum absolute atomic E-state index is 12.5. The molecule has 0 bridgehead atoms. The van der Waals surface area contributed by atoms with Crippen molar-refractivity contribution in [2.45, 2.75) is 13.0 Å². The van der Waals surface area contributed by atoms with E-state index in [0.717, 1.165) is 43.2 Å². The second-order valence-electron chi connectivity index (χ2n) is 7.05. The number of halogens is 2. The SMILES string of the molecule is COc1ccccc1N1CC[NH+](CC(=O)N[C@@H](C)c2ccc(Cl)c(Cl)c2)CC1. The smallest absolute Gasteiger partial charge is 0.275 e. The van der Waals surface area contributed by atoms with E-state index in [1.807, 2.05) is 31.2 Å². The minimum absolute atomic E-state index is 0.0410. The van der Waals surface area contributed by atoms with Crippen LogP contribution in [0.5, 0.6) is 5.75 Å². The van der Waals surface area contributed by atoms with Crippen LogP contribution in [0, 0.1) is 0 Å². The molecule has 0 unspecified atom stereocenters. The molecule has 0 saturated carbocycles. The number of nitrogens with zero attached hydrogens (tertiary/aromatic N) is 1. The number of ether oxygens (including phenoxy) is 1. The first kappa shape index (κ1) is 20.8. The van der Waals surface area contributed by atoms with Gasteiger partial charge in [-0.1, -0.05) is 41.4 Å². The van der Waals surface area contributed by atoms with E-state index in [9.17, 15) is 4.79 Å². The molecule has 2 N–H and O–H groups in total. The molecule has 1 atom stereocenters. The van der Waals surface area contributed by atoms with Gasteiger partial charge < -0.3 is 19.9 Å². The Morgan fingerprint density at radius 3 is 2.57 bits per heavy atom. The molecule has 1 heterocycles. The predicted octanol–water partition coefficient (Wildman–Crippen LogP) is 2.58. The number of nitrogens with one attached hydrogen (secondary N) is 2. The number of para-hydroxylation sites is 2. The molecule has 7 heteroatoms. The summed E-state index contributed by atoms with van der Waals surface area (Å²) < 4.78 is 5.46. The molecule has 1 aliphatic rings. The van der Waals surface area contributed by atoms with E-state index in [4.69, 9.17) is 27.9 Å². The number of anilines is 1. The molecule has 0 radical (unpaired) electrons. The molecular formula is C21H26Cl2N3O2+. The van der Waals surface area contributed by atoms with Crippen LogP contribution in [-0.4, -0.2) is 45.7 Å². The van der Waals surface area contributed by atoms with Gasteiger partial charge in [-0.3, -0.25) is 4.79 Å². The zero-order valence-electron chi connectivity index (χ0n) is 16.2. The third kappa shape index (κ3) is 5.10. The number of piperazine rings is 1. The van der Waals surface area contributed by atoms with Gasteiger partial charge in [0.1, 0.15) is 5.75 Å². The number of benzene rings is 2. The molecule has 0 aromatic heterocycles. The highest BCUT2D eigenvalue weighted by atomic mass is 35.5. The summed E-state index contributed by atoms with van der Waals surface area (Å²) in [4.78, 5) is 16.1. The van der Waals surface area contributed by atoms with Gasteiger partial charge >= 0.3 is 0 Å². The van der Waals surface area contributed by atoms with Crippen molar-refractivity contribution in [3.8, 4) is 5.75 Å². The fourth-order valence-corrected chi connectivity index (χ4v) is 3.82. The normalized spacial score (nSPS) is 15.9. The Hall–Kier alpha value is -1.95. The average molecular weight is 423 g/mol. The molecule has 28 heavy (non-hydrogen) atoms. The maximum atomic E-state index is 12.5. The van der Waals surface area contributed by atoms with Crippen LogP contribution in [-0.2, 0) is 4.79 Å². The zero-order chi connectivity index (χ0) is 20.1. The van der Waals surface area contributed by atoms with Gasteiger partial charge in [-0.2, -0.15) is 0 Å². The molecule has 1 amide bonds. The molecule has 0 aliphatic carbocycles. The minimum atomic E-state index is -0.114. The summed E-state index contributed by atoms with van der Waals surface area (Å²) >= 11 is 12.0. The summed E-state index contributed by atoms with van der Waals surface area (Å²) in [5.74, 6) is 0.929. The van der Waals surface area contributed by atoms with Gasteiger partial charge in [0.2, 0.25) is 0 Å². The summed E-state index contributed by atoms with van der Waals surface area (Å²) in [6, 6.07) is 13.4. The molecule has 5 nitrogen and oxygen atoms in total. The van der Waals surface area contributed by atoms with Crippen molar-refractivity contribution in [1.82, 2.24) is 5.32 Å². The third-order valence-electron chi connectivity index (χ3n) is 5.13. The monoisotopic (exact) mass is 422 g/mol. The Morgan fingerprint density at radius 2 is 1.89 bits per heavy atom. The van der Waals surface area contributed by atoms with Crippen molar-refractivity contribution in [3.63, 3.8) is 0 Å². The van der Waals surface area contributed by atoms with Gasteiger partial charge in [0.15, 0.2) is 6.54 Å². The fraction of sp³-hybridized carbons (Fsp3) is 0.381. The molecule has 0 spiro atoms. The summed E-state index contributed by atoms with van der Waals surface area (Å²) in [7, 11) is 1.69. The van der Waals surface area contributed by atoms with Crippen molar-refractivity contribution in [2.75, 3.05) is 44.7 Å². The number of carbonyl (C=O) groups is 1. The first-order valence-corrected chi connectivity index (χ1v) is 10.2. The lowest BCUT2D eigenvalue weighted by Gasteiger charge is -2.34. The lowest BCUT2D eigenvalue weighted by Crippen LogP contribution is -3.15. The summed E-state index contributed by atoms with van der Waals surface area (Å²) in [5.41, 5.74) is 2.06. The summed E-state index contributed by atoms with van der Waals surface area (Å²) in [6.07, 6.45) is 0. The molecule has 1 aliphatic heterocycles. The number of hydrogen-bond acceptors (Lipinski definition) is 3. The molecule has 1 fully saturated rings. The quantitative estimate of drug-likeness (QED) is 0.751. The number of rotatable bonds is 6. The fourth-order valence-electron chi connectivity index (χ4n) is 3.52. The van der Waals surface area contributed by atoms with Gasteiger partial charge in [0.25, 0.3) is 5.91 Å². The molecule has 3 rings (SSSR count). The van der Waals surface area contributed by atoms with Crippen LogP contribution in [0.3, 0.4) is 0 Å². The molecule has 2 aromatic carbocycles. The highest BCUT2D eigenvalue weighted by Gasteiger charge is 2.24. The van der Waals surface area contributed by atoms with E-state index in [1.165, 1.54) is 4.90 Å². The number of carbonyl (C=O) groups excluding carboxylic acids is 1. The summed E-state index contributed by atoms with van der Waals surface area (Å²) in [6.45, 7) is 6.02. The molecule has 150 valence electrons. The first-order valence-electron chi connectivity index (χ1n) is 9.43. The minimum Gasteiger partial charge on any atom is -0.495 e. The number of methoxy groups -OCH3 is 1. The van der Waals surface area contributed by atoms with E-state index in [-0.39, 0.29) is 11.9 Å². The lowest BCUT2D eigenvalue weighted by atomic mass is 10.1. The van der Waals surface area contributed by atoms with E-state index in [2.05, 4.69) is 16.3 Å². The van der Waals surface area contributed by atoms with Crippen LogP contribution in [0.15, 0.2) is 42.5 Å². The van der Waals surface area contributed by atoms with Crippen molar-refractivity contribution < 1.29 is 14.4 Å². The van der Waals surface area contributed by atoms with Crippen LogP contribution < -0.4 is 19.9 Å². The lowest BCUT2D eigenvalue weighted by molar-refractivity contribution is -0.892. The van der Waals surface area contributed by atoms with Crippen LogP contribution in [0.2, 0.25) is 10.0 Å². The van der Waals surface area contributed by atoms with E-state index < -0.39 is 0 Å². The van der Waals surface area contributed by atoms with Crippen molar-refractivity contribution >= 4 is 34.8 Å². The van der Waals surface area contributed by atoms with Gasteiger partial charge in [0.05, 0.1) is 55.1 Å². The molecule has 1 saturated heterocycles. The van der Waals surface area contributed by atoms with Crippen LogP contribution in [0.4, 0.5) is 5.69 Å². The maximum Gasteiger partial charge on any atom is 0.275 e. The number of amides is 1. The molecular weight excluding hydrogens is 397 g/mol.